The fraction of sp³-hybridized carbons (Fsp3) is 0.182. The Kier molecular flexibility index (Phi) is 3.55. The van der Waals surface area contributed by atoms with Crippen LogP contribution in [0.5, 0.6) is 0 Å². The van der Waals surface area contributed by atoms with E-state index in [1.54, 1.807) is 12.1 Å². The molecule has 1 aromatic carbocycles. The maximum atomic E-state index is 8.80. The molecule has 3 heteroatoms. The summed E-state index contributed by atoms with van der Waals surface area (Å²) in [5, 5.41) is 9.46. The summed E-state index contributed by atoms with van der Waals surface area (Å²) in [6, 6.07) is 9.22. The number of rotatable bonds is 2. The van der Waals surface area contributed by atoms with Gasteiger partial charge >= 0.3 is 0 Å². The Morgan fingerprint density at radius 1 is 1.43 bits per heavy atom. The third kappa shape index (κ3) is 2.27. The minimum absolute atomic E-state index is 0.534. The average Bonchev–Trinajstić information content (AvgIpc) is 2.20. The van der Waals surface area contributed by atoms with Gasteiger partial charge in [-0.05, 0) is 24.1 Å². The van der Waals surface area contributed by atoms with Crippen molar-refractivity contribution in [2.75, 3.05) is 0 Å². The van der Waals surface area contributed by atoms with Gasteiger partial charge in [0.1, 0.15) is 0 Å². The molecule has 0 unspecified atom stereocenters. The number of nitrogens with two attached hydrogens (primary N) is 1. The van der Waals surface area contributed by atoms with Crippen LogP contribution in [0.1, 0.15) is 18.9 Å². The zero-order chi connectivity index (χ0) is 10.6. The summed E-state index contributed by atoms with van der Waals surface area (Å²) in [7, 11) is 0. The van der Waals surface area contributed by atoms with Gasteiger partial charge in [0, 0.05) is 5.02 Å². The number of hydrogen-bond acceptors (Lipinski definition) is 2. The first-order valence-electron chi connectivity index (χ1n) is 4.33. The third-order valence-corrected chi connectivity index (χ3v) is 2.22. The zero-order valence-electron chi connectivity index (χ0n) is 7.92. The minimum Gasteiger partial charge on any atom is -0.397 e. The van der Waals surface area contributed by atoms with E-state index in [0.717, 1.165) is 5.56 Å². The third-order valence-electron chi connectivity index (χ3n) is 1.97. The van der Waals surface area contributed by atoms with Crippen molar-refractivity contribution in [3.05, 3.63) is 40.4 Å². The van der Waals surface area contributed by atoms with Gasteiger partial charge in [-0.15, -0.1) is 0 Å². The maximum absolute atomic E-state index is 8.80. The van der Waals surface area contributed by atoms with Gasteiger partial charge < -0.3 is 5.73 Å². The molecule has 0 bridgehead atoms. The van der Waals surface area contributed by atoms with Crippen LogP contribution in [-0.4, -0.2) is 0 Å². The number of hydrogen-bond donors (Lipinski definition) is 1. The molecule has 1 rings (SSSR count). The number of halogens is 1. The molecule has 2 nitrogen and oxygen atoms in total. The molecule has 0 heterocycles. The van der Waals surface area contributed by atoms with Crippen LogP contribution < -0.4 is 5.73 Å². The van der Waals surface area contributed by atoms with Crippen molar-refractivity contribution in [1.29, 1.82) is 5.26 Å². The highest BCUT2D eigenvalue weighted by molar-refractivity contribution is 6.30. The summed E-state index contributed by atoms with van der Waals surface area (Å²) in [6.45, 7) is 1.90. The lowest BCUT2D eigenvalue weighted by atomic mass is 10.1. The van der Waals surface area contributed by atoms with Gasteiger partial charge in [0.15, 0.2) is 0 Å². The van der Waals surface area contributed by atoms with E-state index in [0.29, 0.717) is 22.7 Å². The van der Waals surface area contributed by atoms with Crippen molar-refractivity contribution in [2.45, 2.75) is 13.3 Å². The highest BCUT2D eigenvalue weighted by Gasteiger charge is 2.02. The molecule has 2 N–H and O–H groups in total. The monoisotopic (exact) mass is 206 g/mol. The molecule has 0 fully saturated rings. The van der Waals surface area contributed by atoms with E-state index in [1.165, 1.54) is 0 Å². The van der Waals surface area contributed by atoms with E-state index in [-0.39, 0.29) is 0 Å². The largest absolute Gasteiger partial charge is 0.397 e. The fourth-order valence-corrected chi connectivity index (χ4v) is 1.26. The minimum atomic E-state index is 0.534. The van der Waals surface area contributed by atoms with E-state index in [2.05, 4.69) is 6.07 Å². The van der Waals surface area contributed by atoms with Crippen LogP contribution in [0.3, 0.4) is 0 Å². The Balaban J connectivity index is 3.12. The fourth-order valence-electron chi connectivity index (χ4n) is 1.13. The van der Waals surface area contributed by atoms with E-state index >= 15 is 0 Å². The second-order valence-corrected chi connectivity index (χ2v) is 3.30. The molecule has 0 aliphatic heterocycles. The lowest BCUT2D eigenvalue weighted by Crippen LogP contribution is -2.00. The van der Waals surface area contributed by atoms with E-state index < -0.39 is 0 Å². The van der Waals surface area contributed by atoms with Crippen molar-refractivity contribution in [1.82, 2.24) is 0 Å². The van der Waals surface area contributed by atoms with Crippen molar-refractivity contribution >= 4 is 17.3 Å². The quantitative estimate of drug-likeness (QED) is 0.757. The molecule has 0 aromatic heterocycles. The van der Waals surface area contributed by atoms with Crippen molar-refractivity contribution in [3.8, 4) is 6.07 Å². The molecule has 1 aromatic rings. The van der Waals surface area contributed by atoms with Crippen LogP contribution in [0.25, 0.3) is 5.70 Å². The van der Waals surface area contributed by atoms with E-state index in [9.17, 15) is 0 Å². The molecule has 0 aliphatic carbocycles. The molecular weight excluding hydrogens is 196 g/mol. The summed E-state index contributed by atoms with van der Waals surface area (Å²) in [5.41, 5.74) is 7.80. The number of nitrogens with zero attached hydrogens (tertiary/aromatic N) is 1. The van der Waals surface area contributed by atoms with Gasteiger partial charge in [0.2, 0.25) is 0 Å². The van der Waals surface area contributed by atoms with Gasteiger partial charge in [-0.25, -0.2) is 0 Å². The molecule has 72 valence electrons. The average molecular weight is 207 g/mol. The van der Waals surface area contributed by atoms with Crippen molar-refractivity contribution in [2.24, 2.45) is 5.73 Å². The Bertz CT molecular complexity index is 385. The second kappa shape index (κ2) is 4.69. The van der Waals surface area contributed by atoms with Crippen molar-refractivity contribution < 1.29 is 0 Å². The Labute approximate surface area is 88.6 Å². The summed E-state index contributed by atoms with van der Waals surface area (Å²) in [6.07, 6.45) is 0.644. The molecule has 0 spiro atoms. The molecule has 0 radical (unpaired) electrons. The molecule has 14 heavy (non-hydrogen) atoms. The lowest BCUT2D eigenvalue weighted by Gasteiger charge is -2.03. The van der Waals surface area contributed by atoms with Gasteiger partial charge in [-0.1, -0.05) is 30.7 Å². The normalized spacial score (nSPS) is 11.8. The number of benzene rings is 1. The highest BCUT2D eigenvalue weighted by atomic mass is 35.5. The number of allylic oxidation sites excluding steroid dienone is 1. The Hall–Kier alpha value is -1.46. The highest BCUT2D eigenvalue weighted by Crippen LogP contribution is 2.17. The van der Waals surface area contributed by atoms with Crippen LogP contribution in [0.15, 0.2) is 29.8 Å². The smallest absolute Gasteiger partial charge is 0.0968 e. The van der Waals surface area contributed by atoms with Gasteiger partial charge in [0.25, 0.3) is 0 Å². The van der Waals surface area contributed by atoms with E-state index in [4.69, 9.17) is 22.6 Å². The summed E-state index contributed by atoms with van der Waals surface area (Å²) in [5.74, 6) is 0. The first-order valence-corrected chi connectivity index (χ1v) is 4.71. The van der Waals surface area contributed by atoms with Gasteiger partial charge in [-0.3, -0.25) is 0 Å². The van der Waals surface area contributed by atoms with Crippen LogP contribution in [0.2, 0.25) is 5.02 Å². The maximum Gasteiger partial charge on any atom is 0.0968 e. The van der Waals surface area contributed by atoms with Gasteiger partial charge in [0.05, 0.1) is 17.3 Å². The predicted octanol–water partition coefficient (Wildman–Crippen LogP) is 2.94. The molecule has 0 atom stereocenters. The van der Waals surface area contributed by atoms with Crippen LogP contribution in [0.4, 0.5) is 0 Å². The first-order chi connectivity index (χ1) is 6.69. The SMILES string of the molecule is CC/C(C#N)=C(/N)c1ccc(Cl)cc1. The molecule has 0 saturated carbocycles. The molecule has 0 saturated heterocycles. The van der Waals surface area contributed by atoms with Crippen LogP contribution >= 0.6 is 11.6 Å². The lowest BCUT2D eigenvalue weighted by molar-refractivity contribution is 1.14. The molecular formula is C11H11ClN2. The van der Waals surface area contributed by atoms with Crippen LogP contribution in [0, 0.1) is 11.3 Å². The topological polar surface area (TPSA) is 49.8 Å². The predicted molar refractivity (Wildman–Crippen MR) is 58.5 cm³/mol. The first kappa shape index (κ1) is 10.6. The summed E-state index contributed by atoms with van der Waals surface area (Å²) in [4.78, 5) is 0. The van der Waals surface area contributed by atoms with Crippen LogP contribution in [-0.2, 0) is 0 Å². The number of nitriles is 1. The Morgan fingerprint density at radius 2 is 2.00 bits per heavy atom. The zero-order valence-corrected chi connectivity index (χ0v) is 8.67. The Morgan fingerprint density at radius 3 is 2.43 bits per heavy atom. The van der Waals surface area contributed by atoms with Gasteiger partial charge in [-0.2, -0.15) is 5.26 Å². The molecule has 0 amide bonds. The van der Waals surface area contributed by atoms with Crippen molar-refractivity contribution in [3.63, 3.8) is 0 Å². The summed E-state index contributed by atoms with van der Waals surface area (Å²) < 4.78 is 0. The molecule has 0 aliphatic rings. The van der Waals surface area contributed by atoms with E-state index in [1.807, 2.05) is 19.1 Å². The summed E-state index contributed by atoms with van der Waals surface area (Å²) >= 11 is 5.74. The standard InChI is InChI=1S/C11H11ClN2/c1-2-8(7-13)11(14)9-3-5-10(12)6-4-9/h3-6H,2,14H2,1H3/b11-8-. The second-order valence-electron chi connectivity index (χ2n) is 2.86.